The lowest BCUT2D eigenvalue weighted by Gasteiger charge is -2.31. The van der Waals surface area contributed by atoms with E-state index in [1.54, 1.807) is 0 Å². The number of hydrogen-bond acceptors (Lipinski definition) is 8. The number of rotatable bonds is 5. The van der Waals surface area contributed by atoms with Gasteiger partial charge in [-0.1, -0.05) is 12.8 Å². The summed E-state index contributed by atoms with van der Waals surface area (Å²) in [6.07, 6.45) is 8.50. The zero-order valence-corrected chi connectivity index (χ0v) is 18.2. The normalized spacial score (nSPS) is 18.0. The zero-order chi connectivity index (χ0) is 21.8. The topological polar surface area (TPSA) is 104 Å². The van der Waals surface area contributed by atoms with Crippen molar-refractivity contribution in [2.24, 2.45) is 5.92 Å². The molecule has 32 heavy (non-hydrogen) atoms. The molecule has 10 nitrogen and oxygen atoms in total. The van der Waals surface area contributed by atoms with E-state index in [1.165, 1.54) is 30.3 Å². The number of nitrogens with zero attached hydrogens (tertiary/aromatic N) is 8. The fourth-order valence-electron chi connectivity index (χ4n) is 4.56. The number of piperidine rings is 1. The van der Waals surface area contributed by atoms with Crippen molar-refractivity contribution in [1.29, 1.82) is 0 Å². The van der Waals surface area contributed by atoms with Gasteiger partial charge in [0.25, 0.3) is 0 Å². The number of hydrogen-bond donors (Lipinski definition) is 1. The van der Waals surface area contributed by atoms with Crippen LogP contribution in [0, 0.1) is 5.92 Å². The maximum atomic E-state index is 12.8. The highest BCUT2D eigenvalue weighted by Crippen LogP contribution is 2.22. The molecule has 168 valence electrons. The first kappa shape index (κ1) is 20.6. The lowest BCUT2D eigenvalue weighted by atomic mass is 9.96. The summed E-state index contributed by atoms with van der Waals surface area (Å²) in [6.45, 7) is 4.24. The molecular weight excluding hydrogens is 406 g/mol. The molecule has 5 rings (SSSR count). The number of fused-ring (bicyclic) bond motifs is 1. The summed E-state index contributed by atoms with van der Waals surface area (Å²) in [4.78, 5) is 21.9. The average molecular weight is 436 g/mol. The van der Waals surface area contributed by atoms with Crippen molar-refractivity contribution in [2.75, 3.05) is 36.0 Å². The SMILES string of the molecule is O=C(NCc1ccnc(N2CCCCCC2)c1)C1CCN(c2ccc3nnnn3n2)CC1. The first-order valence-electron chi connectivity index (χ1n) is 11.5. The highest BCUT2D eigenvalue weighted by Gasteiger charge is 2.26. The molecule has 2 saturated heterocycles. The van der Waals surface area contributed by atoms with Crippen LogP contribution in [0.1, 0.15) is 44.1 Å². The molecule has 0 aliphatic carbocycles. The predicted molar refractivity (Wildman–Crippen MR) is 120 cm³/mol. The van der Waals surface area contributed by atoms with Gasteiger partial charge in [-0.2, -0.15) is 0 Å². The van der Waals surface area contributed by atoms with Crippen LogP contribution in [0.4, 0.5) is 11.6 Å². The van der Waals surface area contributed by atoms with Gasteiger partial charge in [-0.3, -0.25) is 4.79 Å². The Kier molecular flexibility index (Phi) is 6.09. The molecule has 0 unspecified atom stereocenters. The number of aromatic nitrogens is 6. The monoisotopic (exact) mass is 435 g/mol. The lowest BCUT2D eigenvalue weighted by Crippen LogP contribution is -2.40. The average Bonchev–Trinajstić information content (AvgIpc) is 3.14. The van der Waals surface area contributed by atoms with Crippen LogP contribution >= 0.6 is 0 Å². The predicted octanol–water partition coefficient (Wildman–Crippen LogP) is 1.83. The molecule has 0 saturated carbocycles. The van der Waals surface area contributed by atoms with Gasteiger partial charge in [0, 0.05) is 44.8 Å². The van der Waals surface area contributed by atoms with E-state index in [2.05, 4.69) is 46.8 Å². The van der Waals surface area contributed by atoms with Crippen LogP contribution in [0.5, 0.6) is 0 Å². The first-order valence-corrected chi connectivity index (χ1v) is 11.5. The van der Waals surface area contributed by atoms with Crippen molar-refractivity contribution in [3.63, 3.8) is 0 Å². The van der Waals surface area contributed by atoms with Crippen molar-refractivity contribution < 1.29 is 4.79 Å². The van der Waals surface area contributed by atoms with Crippen LogP contribution in [0.25, 0.3) is 5.65 Å². The summed E-state index contributed by atoms with van der Waals surface area (Å²) in [5.74, 6) is 2.01. The van der Waals surface area contributed by atoms with Gasteiger partial charge >= 0.3 is 0 Å². The second-order valence-corrected chi connectivity index (χ2v) is 8.62. The molecule has 3 aromatic heterocycles. The molecule has 0 bridgehead atoms. The van der Waals surface area contributed by atoms with Gasteiger partial charge < -0.3 is 15.1 Å². The fourth-order valence-corrected chi connectivity index (χ4v) is 4.56. The van der Waals surface area contributed by atoms with Crippen LogP contribution in [-0.4, -0.2) is 62.3 Å². The summed E-state index contributed by atoms with van der Waals surface area (Å²) < 4.78 is 1.43. The molecule has 2 fully saturated rings. The van der Waals surface area contributed by atoms with Gasteiger partial charge in [0.2, 0.25) is 5.91 Å². The molecule has 5 heterocycles. The van der Waals surface area contributed by atoms with Crippen LogP contribution in [0.15, 0.2) is 30.5 Å². The highest BCUT2D eigenvalue weighted by atomic mass is 16.1. The molecule has 0 aromatic carbocycles. The van der Waals surface area contributed by atoms with E-state index < -0.39 is 0 Å². The minimum Gasteiger partial charge on any atom is -0.357 e. The number of carbonyl (C=O) groups is 1. The fraction of sp³-hybridized carbons (Fsp3) is 0.545. The molecule has 2 aliphatic rings. The number of anilines is 2. The number of carbonyl (C=O) groups excluding carboxylic acids is 1. The quantitative estimate of drug-likeness (QED) is 0.647. The molecule has 0 spiro atoms. The van der Waals surface area contributed by atoms with Crippen molar-refractivity contribution in [2.45, 2.75) is 45.1 Å². The molecule has 1 amide bonds. The molecule has 3 aromatic rings. The first-order chi connectivity index (χ1) is 15.8. The highest BCUT2D eigenvalue weighted by molar-refractivity contribution is 5.79. The lowest BCUT2D eigenvalue weighted by molar-refractivity contribution is -0.125. The second-order valence-electron chi connectivity index (χ2n) is 8.62. The van der Waals surface area contributed by atoms with Gasteiger partial charge in [0.05, 0.1) is 0 Å². The van der Waals surface area contributed by atoms with Gasteiger partial charge in [0.15, 0.2) is 11.5 Å². The van der Waals surface area contributed by atoms with Crippen molar-refractivity contribution >= 4 is 23.2 Å². The van der Waals surface area contributed by atoms with E-state index in [0.29, 0.717) is 12.2 Å². The minimum absolute atomic E-state index is 0.0231. The summed E-state index contributed by atoms with van der Waals surface area (Å²) in [6, 6.07) is 7.90. The Morgan fingerprint density at radius 3 is 2.56 bits per heavy atom. The Balaban J connectivity index is 1.13. The standard InChI is InChI=1S/C22H29N9O/c32-22(24-16-17-7-10-23-21(15-17)29-11-3-1-2-4-12-29)18-8-13-30(14-9-18)20-6-5-19-25-27-28-31(19)26-20/h5-7,10,15,18H,1-4,8-9,11-14,16H2,(H,24,32). The largest absolute Gasteiger partial charge is 0.357 e. The summed E-state index contributed by atoms with van der Waals surface area (Å²) in [5, 5.41) is 19.0. The molecular formula is C22H29N9O. The Morgan fingerprint density at radius 2 is 1.75 bits per heavy atom. The third-order valence-corrected chi connectivity index (χ3v) is 6.45. The number of nitrogens with one attached hydrogen (secondary N) is 1. The van der Waals surface area contributed by atoms with E-state index in [9.17, 15) is 4.79 Å². The van der Waals surface area contributed by atoms with E-state index in [0.717, 1.165) is 56.2 Å². The van der Waals surface area contributed by atoms with Crippen LogP contribution < -0.4 is 15.1 Å². The smallest absolute Gasteiger partial charge is 0.223 e. The van der Waals surface area contributed by atoms with Gasteiger partial charge in [0.1, 0.15) is 5.82 Å². The van der Waals surface area contributed by atoms with E-state index in [4.69, 9.17) is 0 Å². The summed E-state index contributed by atoms with van der Waals surface area (Å²) in [7, 11) is 0. The zero-order valence-electron chi connectivity index (χ0n) is 18.2. The van der Waals surface area contributed by atoms with Crippen LogP contribution in [0.3, 0.4) is 0 Å². The number of pyridine rings is 1. The maximum absolute atomic E-state index is 12.8. The second kappa shape index (κ2) is 9.46. The third kappa shape index (κ3) is 4.63. The van der Waals surface area contributed by atoms with Crippen LogP contribution in [-0.2, 0) is 11.3 Å². The third-order valence-electron chi connectivity index (χ3n) is 6.45. The van der Waals surface area contributed by atoms with Crippen molar-refractivity contribution in [1.82, 2.24) is 35.6 Å². The van der Waals surface area contributed by atoms with E-state index in [-0.39, 0.29) is 11.8 Å². The van der Waals surface area contributed by atoms with E-state index >= 15 is 0 Å². The Labute approximate surface area is 187 Å². The van der Waals surface area contributed by atoms with E-state index in [1.807, 2.05) is 24.4 Å². The van der Waals surface area contributed by atoms with Gasteiger partial charge in [-0.15, -0.1) is 14.8 Å². The maximum Gasteiger partial charge on any atom is 0.223 e. The number of tetrazole rings is 1. The number of amides is 1. The Hall–Kier alpha value is -3.30. The van der Waals surface area contributed by atoms with Crippen molar-refractivity contribution in [3.05, 3.63) is 36.0 Å². The van der Waals surface area contributed by atoms with Crippen LogP contribution in [0.2, 0.25) is 0 Å². The Morgan fingerprint density at radius 1 is 0.969 bits per heavy atom. The Bertz CT molecular complexity index is 1050. The summed E-state index contributed by atoms with van der Waals surface area (Å²) >= 11 is 0. The van der Waals surface area contributed by atoms with Gasteiger partial charge in [-0.25, -0.2) is 4.98 Å². The molecule has 1 N–H and O–H groups in total. The molecule has 10 heteroatoms. The minimum atomic E-state index is 0.0231. The molecule has 2 aliphatic heterocycles. The van der Waals surface area contributed by atoms with Crippen molar-refractivity contribution in [3.8, 4) is 0 Å². The summed E-state index contributed by atoms with van der Waals surface area (Å²) in [5.41, 5.74) is 1.72. The van der Waals surface area contributed by atoms with Gasteiger partial charge in [-0.05, 0) is 65.9 Å². The molecule has 0 atom stereocenters. The molecule has 0 radical (unpaired) electrons.